The first-order valence-electron chi connectivity index (χ1n) is 10.4. The zero-order valence-electron chi connectivity index (χ0n) is 18.6. The van der Waals surface area contributed by atoms with Crippen LogP contribution in [0.25, 0.3) is 0 Å². The van der Waals surface area contributed by atoms with Gasteiger partial charge in [0.05, 0.1) is 0 Å². The molecule has 0 aromatic rings. The molecule has 0 heterocycles. The number of hydrogen-bond donors (Lipinski definition) is 0. The van der Waals surface area contributed by atoms with Gasteiger partial charge in [-0.2, -0.15) is 0 Å². The molecule has 0 N–H and O–H groups in total. The van der Waals surface area contributed by atoms with Gasteiger partial charge in [0.2, 0.25) is 0 Å². The smallest absolute Gasteiger partial charge is 0.0326 e. The van der Waals surface area contributed by atoms with Crippen LogP contribution >= 0.6 is 0 Å². The summed E-state index contributed by atoms with van der Waals surface area (Å²) < 4.78 is 0. The van der Waals surface area contributed by atoms with Crippen LogP contribution in [0.2, 0.25) is 0 Å². The molecule has 0 fully saturated rings. The second-order valence-electron chi connectivity index (χ2n) is 10.2. The minimum atomic E-state index is 0.512. The van der Waals surface area contributed by atoms with Gasteiger partial charge in [-0.1, -0.05) is 102 Å². The molecule has 0 aliphatic rings. The molecule has 0 rings (SSSR count). The maximum absolute atomic E-state index is 2.42. The summed E-state index contributed by atoms with van der Waals surface area (Å²) >= 11 is 0. The van der Waals surface area contributed by atoms with Crippen molar-refractivity contribution in [3.05, 3.63) is 0 Å². The van der Waals surface area contributed by atoms with Crippen LogP contribution in [0.1, 0.15) is 115 Å². The normalized spacial score (nSPS) is 13.7. The molecule has 23 heavy (non-hydrogen) atoms. The lowest BCUT2D eigenvalue weighted by molar-refractivity contribution is 0.161. The summed E-state index contributed by atoms with van der Waals surface area (Å²) in [4.78, 5) is 0. The first-order chi connectivity index (χ1) is 10.4. The average Bonchev–Trinajstić information content (AvgIpc) is 2.32. The summed E-state index contributed by atoms with van der Waals surface area (Å²) in [6.45, 7) is 25.7. The highest BCUT2D eigenvalue weighted by Gasteiger charge is 2.26. The highest BCUT2D eigenvalue weighted by molar-refractivity contribution is 4.77. The van der Waals surface area contributed by atoms with Crippen LogP contribution < -0.4 is 0 Å². The summed E-state index contributed by atoms with van der Waals surface area (Å²) in [5, 5.41) is 0. The Balaban J connectivity index is 0. The van der Waals surface area contributed by atoms with Crippen molar-refractivity contribution >= 4 is 0 Å². The molecule has 1 atom stereocenters. The van der Waals surface area contributed by atoms with E-state index in [9.17, 15) is 0 Å². The Hall–Kier alpha value is 0. The Bertz CT molecular complexity index is 235. The van der Waals surface area contributed by atoms with Gasteiger partial charge in [0.15, 0.2) is 0 Å². The molecule has 0 aliphatic carbocycles. The maximum Gasteiger partial charge on any atom is -0.0326 e. The molecule has 0 aliphatic heterocycles. The van der Waals surface area contributed by atoms with Crippen molar-refractivity contribution < 1.29 is 0 Å². The molecule has 1 unspecified atom stereocenters. The lowest BCUT2D eigenvalue weighted by Crippen LogP contribution is -2.24. The lowest BCUT2D eigenvalue weighted by atomic mass is 9.71. The van der Waals surface area contributed by atoms with E-state index >= 15 is 0 Å². The minimum Gasteiger partial charge on any atom is -0.0628 e. The molecular weight excluding hydrogens is 276 g/mol. The second kappa shape index (κ2) is 13.3. The molecular formula is C23H50. The Kier molecular flexibility index (Phi) is 14.6. The zero-order valence-corrected chi connectivity index (χ0v) is 18.6. The first kappa shape index (κ1) is 25.2. The SMILES string of the molecule is CC(C)CC(C)C(C)(C)CC(C)C.CC(C)CCCCC(C)C. The highest BCUT2D eigenvalue weighted by Crippen LogP contribution is 2.37. The van der Waals surface area contributed by atoms with E-state index in [2.05, 4.69) is 76.2 Å². The molecule has 0 bridgehead atoms. The highest BCUT2D eigenvalue weighted by atomic mass is 14.3. The fraction of sp³-hybridized carbons (Fsp3) is 1.00. The molecule has 142 valence electrons. The third-order valence-corrected chi connectivity index (χ3v) is 4.91. The van der Waals surface area contributed by atoms with Gasteiger partial charge in [0, 0.05) is 0 Å². The molecule has 0 saturated carbocycles. The Morgan fingerprint density at radius 2 is 0.957 bits per heavy atom. The molecule has 0 heteroatoms. The summed E-state index contributed by atoms with van der Waals surface area (Å²) in [6, 6.07) is 0. The molecule has 0 spiro atoms. The van der Waals surface area contributed by atoms with Crippen LogP contribution in [0.5, 0.6) is 0 Å². The monoisotopic (exact) mass is 326 g/mol. The van der Waals surface area contributed by atoms with E-state index in [0.29, 0.717) is 5.41 Å². The van der Waals surface area contributed by atoms with Crippen molar-refractivity contribution in [2.75, 3.05) is 0 Å². The van der Waals surface area contributed by atoms with E-state index in [1.165, 1.54) is 38.5 Å². The van der Waals surface area contributed by atoms with Crippen molar-refractivity contribution in [3.63, 3.8) is 0 Å². The van der Waals surface area contributed by atoms with E-state index in [1.54, 1.807) is 0 Å². The molecule has 0 aromatic carbocycles. The van der Waals surface area contributed by atoms with Crippen LogP contribution in [0, 0.1) is 35.0 Å². The fourth-order valence-corrected chi connectivity index (χ4v) is 3.38. The lowest BCUT2D eigenvalue weighted by Gasteiger charge is -2.34. The fourth-order valence-electron chi connectivity index (χ4n) is 3.38. The van der Waals surface area contributed by atoms with Gasteiger partial charge < -0.3 is 0 Å². The van der Waals surface area contributed by atoms with Crippen molar-refractivity contribution in [1.29, 1.82) is 0 Å². The number of rotatable bonds is 10. The predicted molar refractivity (Wildman–Crippen MR) is 110 cm³/mol. The molecule has 0 amide bonds. The van der Waals surface area contributed by atoms with Crippen molar-refractivity contribution in [3.8, 4) is 0 Å². The van der Waals surface area contributed by atoms with E-state index in [0.717, 1.165) is 29.6 Å². The molecule has 0 nitrogen and oxygen atoms in total. The molecule has 0 aromatic heterocycles. The summed E-state index contributed by atoms with van der Waals surface area (Å²) in [5.41, 5.74) is 0.512. The van der Waals surface area contributed by atoms with Gasteiger partial charge >= 0.3 is 0 Å². The average molecular weight is 327 g/mol. The van der Waals surface area contributed by atoms with Gasteiger partial charge in [-0.3, -0.25) is 0 Å². The minimum absolute atomic E-state index is 0.512. The van der Waals surface area contributed by atoms with Gasteiger partial charge in [0.25, 0.3) is 0 Å². The predicted octanol–water partition coefficient (Wildman–Crippen LogP) is 8.60. The first-order valence-corrected chi connectivity index (χ1v) is 10.4. The van der Waals surface area contributed by atoms with Gasteiger partial charge in [-0.15, -0.1) is 0 Å². The van der Waals surface area contributed by atoms with Crippen LogP contribution in [-0.4, -0.2) is 0 Å². The Labute approximate surface area is 150 Å². The van der Waals surface area contributed by atoms with E-state index in [-0.39, 0.29) is 0 Å². The zero-order chi connectivity index (χ0) is 18.6. The van der Waals surface area contributed by atoms with E-state index < -0.39 is 0 Å². The Morgan fingerprint density at radius 3 is 1.22 bits per heavy atom. The van der Waals surface area contributed by atoms with Crippen molar-refractivity contribution in [1.82, 2.24) is 0 Å². The second-order valence-corrected chi connectivity index (χ2v) is 10.2. The Morgan fingerprint density at radius 1 is 0.565 bits per heavy atom. The van der Waals surface area contributed by atoms with Gasteiger partial charge in [-0.25, -0.2) is 0 Å². The standard InChI is InChI=1S/C13H28.C10H22/c1-10(2)8-12(5)13(6,7)9-11(3)4;1-9(2)7-5-6-8-10(3)4/h10-12H,8-9H2,1-7H3;9-10H,5-8H2,1-4H3. The summed E-state index contributed by atoms with van der Waals surface area (Å²) in [6.07, 6.45) is 8.38. The maximum atomic E-state index is 2.42. The van der Waals surface area contributed by atoms with Crippen LogP contribution in [0.3, 0.4) is 0 Å². The third kappa shape index (κ3) is 18.2. The van der Waals surface area contributed by atoms with Crippen molar-refractivity contribution in [2.24, 2.45) is 35.0 Å². The van der Waals surface area contributed by atoms with Gasteiger partial charge in [0.1, 0.15) is 0 Å². The van der Waals surface area contributed by atoms with Gasteiger partial charge in [-0.05, 0) is 47.8 Å². The summed E-state index contributed by atoms with van der Waals surface area (Å²) in [5.74, 6) is 4.29. The van der Waals surface area contributed by atoms with E-state index in [1.807, 2.05) is 0 Å². The van der Waals surface area contributed by atoms with Crippen molar-refractivity contribution in [2.45, 2.75) is 115 Å². The summed E-state index contributed by atoms with van der Waals surface area (Å²) in [7, 11) is 0. The topological polar surface area (TPSA) is 0 Å². The van der Waals surface area contributed by atoms with Crippen LogP contribution in [-0.2, 0) is 0 Å². The largest absolute Gasteiger partial charge is 0.0628 e. The van der Waals surface area contributed by atoms with Crippen LogP contribution in [0.4, 0.5) is 0 Å². The molecule has 0 radical (unpaired) electrons. The number of unbranched alkanes of at least 4 members (excludes halogenated alkanes) is 1. The third-order valence-electron chi connectivity index (χ3n) is 4.91. The van der Waals surface area contributed by atoms with E-state index in [4.69, 9.17) is 0 Å². The molecule has 0 saturated heterocycles. The quantitative estimate of drug-likeness (QED) is 0.352. The number of hydrogen-bond acceptors (Lipinski definition) is 0. The van der Waals surface area contributed by atoms with Crippen LogP contribution in [0.15, 0.2) is 0 Å².